The fraction of sp³-hybridized carbons (Fsp3) is 0.130. The molecule has 0 bridgehead atoms. The summed E-state index contributed by atoms with van der Waals surface area (Å²) in [5.74, 6) is 0.207. The number of nitrogens with zero attached hydrogens (tertiary/aromatic N) is 2. The minimum absolute atomic E-state index is 0.113. The number of benzene rings is 3. The van der Waals surface area contributed by atoms with Crippen LogP contribution in [0.25, 0.3) is 0 Å². The summed E-state index contributed by atoms with van der Waals surface area (Å²) in [5, 5.41) is 16.2. The van der Waals surface area contributed by atoms with Gasteiger partial charge in [-0.2, -0.15) is 5.10 Å². The van der Waals surface area contributed by atoms with Crippen molar-refractivity contribution in [3.05, 3.63) is 91.4 Å². The first kappa shape index (κ1) is 24.8. The number of ether oxygens (including phenoxy) is 3. The number of rotatable bonds is 9. The predicted molar refractivity (Wildman–Crippen MR) is 128 cm³/mol. The maximum absolute atomic E-state index is 12.7. The van der Waals surface area contributed by atoms with Gasteiger partial charge in [-0.3, -0.25) is 14.9 Å². The van der Waals surface area contributed by atoms with Crippen LogP contribution in [-0.2, 0) is 6.61 Å². The first-order valence-electron chi connectivity index (χ1n) is 9.73. The van der Waals surface area contributed by atoms with E-state index >= 15 is 0 Å². The van der Waals surface area contributed by atoms with Gasteiger partial charge in [0, 0.05) is 15.6 Å². The van der Waals surface area contributed by atoms with Gasteiger partial charge in [0.15, 0.2) is 11.5 Å². The van der Waals surface area contributed by atoms with E-state index < -0.39 is 10.8 Å². The van der Waals surface area contributed by atoms with Gasteiger partial charge >= 0.3 is 0 Å². The van der Waals surface area contributed by atoms with Gasteiger partial charge in [0.1, 0.15) is 12.4 Å². The summed E-state index contributed by atoms with van der Waals surface area (Å²) >= 11 is 12.1. The van der Waals surface area contributed by atoms with E-state index in [0.29, 0.717) is 21.4 Å². The number of nitro groups is 1. The van der Waals surface area contributed by atoms with E-state index in [2.05, 4.69) is 10.5 Å². The Morgan fingerprint density at radius 2 is 1.76 bits per heavy atom. The zero-order valence-electron chi connectivity index (χ0n) is 18.1. The van der Waals surface area contributed by atoms with E-state index in [9.17, 15) is 14.9 Å². The molecule has 0 aliphatic heterocycles. The van der Waals surface area contributed by atoms with Gasteiger partial charge in [-0.25, -0.2) is 5.43 Å². The minimum Gasteiger partial charge on any atom is -0.493 e. The number of nitro benzene ring substituents is 1. The van der Waals surface area contributed by atoms with Gasteiger partial charge in [0.25, 0.3) is 11.6 Å². The zero-order valence-corrected chi connectivity index (χ0v) is 19.6. The number of amides is 1. The summed E-state index contributed by atoms with van der Waals surface area (Å²) in [6.07, 6.45) is 1.15. The lowest BCUT2D eigenvalue weighted by Crippen LogP contribution is -2.18. The fourth-order valence-electron chi connectivity index (χ4n) is 2.94. The Morgan fingerprint density at radius 3 is 2.44 bits per heavy atom. The van der Waals surface area contributed by atoms with Gasteiger partial charge in [-0.1, -0.05) is 41.4 Å². The molecule has 176 valence electrons. The Balaban J connectivity index is 1.76. The summed E-state index contributed by atoms with van der Waals surface area (Å²) in [5.41, 5.74) is 3.11. The first-order chi connectivity index (χ1) is 16.3. The molecule has 9 nitrogen and oxygen atoms in total. The second kappa shape index (κ2) is 11.4. The van der Waals surface area contributed by atoms with Crippen molar-refractivity contribution < 1.29 is 23.9 Å². The topological polar surface area (TPSA) is 112 Å². The molecule has 0 aliphatic rings. The highest BCUT2D eigenvalue weighted by Crippen LogP contribution is 2.33. The smallest absolute Gasteiger partial charge is 0.282 e. The van der Waals surface area contributed by atoms with Gasteiger partial charge in [-0.15, -0.1) is 0 Å². The highest BCUT2D eigenvalue weighted by molar-refractivity contribution is 6.35. The molecule has 34 heavy (non-hydrogen) atoms. The van der Waals surface area contributed by atoms with Gasteiger partial charge in [-0.05, 0) is 30.3 Å². The molecule has 0 radical (unpaired) electrons. The van der Waals surface area contributed by atoms with Crippen LogP contribution in [0.4, 0.5) is 5.69 Å². The molecule has 11 heteroatoms. The van der Waals surface area contributed by atoms with Gasteiger partial charge < -0.3 is 14.2 Å². The summed E-state index contributed by atoms with van der Waals surface area (Å²) in [7, 11) is 2.77. The molecule has 0 spiro atoms. The lowest BCUT2D eigenvalue weighted by Gasteiger charge is -2.11. The molecule has 0 saturated heterocycles. The largest absolute Gasteiger partial charge is 0.493 e. The monoisotopic (exact) mass is 503 g/mol. The Labute approximate surface area is 205 Å². The van der Waals surface area contributed by atoms with E-state index in [1.54, 1.807) is 42.5 Å². The lowest BCUT2D eigenvalue weighted by atomic mass is 10.1. The zero-order chi connectivity index (χ0) is 24.7. The number of para-hydroxylation sites is 1. The molecule has 0 heterocycles. The summed E-state index contributed by atoms with van der Waals surface area (Å²) in [6.45, 7) is 0.113. The molecule has 0 aliphatic carbocycles. The Hall–Kier alpha value is -3.82. The van der Waals surface area contributed by atoms with Crippen LogP contribution in [0.3, 0.4) is 0 Å². The molecule has 1 N–H and O–H groups in total. The summed E-state index contributed by atoms with van der Waals surface area (Å²) in [6, 6.07) is 14.2. The Bertz CT molecular complexity index is 1250. The van der Waals surface area contributed by atoms with Crippen molar-refractivity contribution in [3.63, 3.8) is 0 Å². The van der Waals surface area contributed by atoms with E-state index in [1.807, 2.05) is 0 Å². The molecular formula is C23H19Cl2N3O6. The molecule has 3 rings (SSSR count). The second-order valence-electron chi connectivity index (χ2n) is 6.74. The van der Waals surface area contributed by atoms with E-state index in [1.165, 1.54) is 26.4 Å². The average Bonchev–Trinajstić information content (AvgIpc) is 2.83. The second-order valence-corrected chi connectivity index (χ2v) is 7.59. The normalized spacial score (nSPS) is 10.7. The molecule has 0 fully saturated rings. The fourth-order valence-corrected chi connectivity index (χ4v) is 3.40. The molecule has 3 aromatic rings. The van der Waals surface area contributed by atoms with E-state index in [-0.39, 0.29) is 34.9 Å². The van der Waals surface area contributed by atoms with Crippen LogP contribution in [0.2, 0.25) is 10.0 Å². The van der Waals surface area contributed by atoms with Gasteiger partial charge in [0.05, 0.1) is 42.6 Å². The molecular weight excluding hydrogens is 485 g/mol. The van der Waals surface area contributed by atoms with Crippen molar-refractivity contribution in [2.24, 2.45) is 5.10 Å². The number of carbonyl (C=O) groups excluding carboxylic acids is 1. The first-order valence-corrected chi connectivity index (χ1v) is 10.5. The molecule has 1 amide bonds. The van der Waals surface area contributed by atoms with Crippen molar-refractivity contribution in [2.45, 2.75) is 6.61 Å². The maximum Gasteiger partial charge on any atom is 0.282 e. The highest BCUT2D eigenvalue weighted by Gasteiger charge is 2.19. The third kappa shape index (κ3) is 5.94. The third-order valence-corrected chi connectivity index (χ3v) is 5.22. The minimum atomic E-state index is -0.587. The van der Waals surface area contributed by atoms with Crippen LogP contribution in [0.5, 0.6) is 17.2 Å². The van der Waals surface area contributed by atoms with Crippen molar-refractivity contribution in [1.82, 2.24) is 5.43 Å². The summed E-state index contributed by atoms with van der Waals surface area (Å²) in [4.78, 5) is 23.5. The van der Waals surface area contributed by atoms with Crippen LogP contribution < -0.4 is 19.6 Å². The van der Waals surface area contributed by atoms with Crippen molar-refractivity contribution >= 4 is 41.0 Å². The Morgan fingerprint density at radius 1 is 1.06 bits per heavy atom. The van der Waals surface area contributed by atoms with Crippen LogP contribution in [0.1, 0.15) is 21.5 Å². The Kier molecular flexibility index (Phi) is 8.29. The predicted octanol–water partition coefficient (Wildman–Crippen LogP) is 5.26. The summed E-state index contributed by atoms with van der Waals surface area (Å²) < 4.78 is 16.0. The highest BCUT2D eigenvalue weighted by atomic mass is 35.5. The molecule has 0 atom stereocenters. The number of hydrogen-bond donors (Lipinski definition) is 1. The standard InChI is InChI=1S/C23H19Cl2N3O6/c1-32-21-9-15(19(28(30)31)11-22(21)33-2)12-26-27-23(29)17-5-3-4-6-20(17)34-13-14-7-8-16(24)10-18(14)25/h3-12H,13H2,1-2H3,(H,27,29)/b26-12+. The lowest BCUT2D eigenvalue weighted by molar-refractivity contribution is -0.385. The quantitative estimate of drug-likeness (QED) is 0.242. The van der Waals surface area contributed by atoms with Crippen molar-refractivity contribution in [1.29, 1.82) is 0 Å². The molecule has 0 aromatic heterocycles. The SMILES string of the molecule is COc1cc(/C=N/NC(=O)c2ccccc2OCc2ccc(Cl)cc2Cl)c([N+](=O)[O-])cc1OC. The van der Waals surface area contributed by atoms with Crippen molar-refractivity contribution in [2.75, 3.05) is 14.2 Å². The maximum atomic E-state index is 12.7. The number of nitrogens with one attached hydrogen (secondary N) is 1. The number of hydrazone groups is 1. The number of carbonyl (C=O) groups is 1. The third-order valence-electron chi connectivity index (χ3n) is 4.63. The van der Waals surface area contributed by atoms with Crippen LogP contribution in [-0.4, -0.2) is 31.3 Å². The molecule has 3 aromatic carbocycles. The van der Waals surface area contributed by atoms with Crippen LogP contribution >= 0.6 is 23.2 Å². The van der Waals surface area contributed by atoms with Crippen LogP contribution in [0, 0.1) is 10.1 Å². The van der Waals surface area contributed by atoms with Crippen molar-refractivity contribution in [3.8, 4) is 17.2 Å². The van der Waals surface area contributed by atoms with E-state index in [0.717, 1.165) is 6.21 Å². The average molecular weight is 504 g/mol. The molecule has 0 saturated carbocycles. The van der Waals surface area contributed by atoms with Gasteiger partial charge in [0.2, 0.25) is 0 Å². The van der Waals surface area contributed by atoms with Crippen LogP contribution in [0.15, 0.2) is 59.7 Å². The number of halogens is 2. The van der Waals surface area contributed by atoms with E-state index in [4.69, 9.17) is 37.4 Å². The number of methoxy groups -OCH3 is 2. The molecule has 0 unspecified atom stereocenters. The number of hydrogen-bond acceptors (Lipinski definition) is 7.